The first-order chi connectivity index (χ1) is 25.4. The Morgan fingerprint density at radius 3 is 2.17 bits per heavy atom. The highest BCUT2D eigenvalue weighted by Gasteiger charge is 2.40. The molecular formula is C35H46N10O7S. The number of carbonyl (C=O) groups excluding carboxylic acids is 5. The van der Waals surface area contributed by atoms with Gasteiger partial charge >= 0.3 is 12.2 Å². The molecule has 2 saturated heterocycles. The summed E-state index contributed by atoms with van der Waals surface area (Å²) in [6.45, 7) is 8.40. The lowest BCUT2D eigenvalue weighted by molar-refractivity contribution is -0.139. The number of imidazole rings is 2. The molecule has 2 fully saturated rings. The van der Waals surface area contributed by atoms with Crippen LogP contribution in [0.1, 0.15) is 65.2 Å². The number of amides is 5. The maximum atomic E-state index is 13.5. The largest absolute Gasteiger partial charge is 0.453 e. The summed E-state index contributed by atoms with van der Waals surface area (Å²) in [4.78, 5) is 80.7. The Hall–Kier alpha value is -5.39. The zero-order chi connectivity index (χ0) is 38.0. The highest BCUT2D eigenvalue weighted by molar-refractivity contribution is 7.19. The van der Waals surface area contributed by atoms with E-state index < -0.39 is 30.3 Å². The summed E-state index contributed by atoms with van der Waals surface area (Å²) < 4.78 is 13.2. The average molecular weight is 751 g/mol. The quantitative estimate of drug-likeness (QED) is 0.176. The van der Waals surface area contributed by atoms with Gasteiger partial charge in [0.1, 0.15) is 29.0 Å². The molecule has 4 aromatic heterocycles. The van der Waals surface area contributed by atoms with Gasteiger partial charge in [0.05, 0.1) is 38.3 Å². The first-order valence-electron chi connectivity index (χ1n) is 17.7. The predicted octanol–water partition coefficient (Wildman–Crippen LogP) is 3.93. The van der Waals surface area contributed by atoms with Gasteiger partial charge in [-0.25, -0.2) is 19.6 Å². The van der Waals surface area contributed by atoms with Crippen molar-refractivity contribution in [1.82, 2.24) is 44.4 Å². The molecule has 4 atom stereocenters. The second-order valence-corrected chi connectivity index (χ2v) is 14.9. The summed E-state index contributed by atoms with van der Waals surface area (Å²) in [6.07, 6.45) is 10.7. The number of alkyl carbamates (subject to hydrolysis) is 2. The number of likely N-dealkylation sites (tertiary alicyclic amines) is 2. The minimum atomic E-state index is -0.814. The monoisotopic (exact) mass is 750 g/mol. The van der Waals surface area contributed by atoms with E-state index in [1.54, 1.807) is 17.3 Å². The fourth-order valence-corrected chi connectivity index (χ4v) is 7.82. The molecule has 0 spiro atoms. The molecule has 2 aliphatic heterocycles. The maximum Gasteiger partial charge on any atom is 0.407 e. The molecule has 2 aliphatic rings. The summed E-state index contributed by atoms with van der Waals surface area (Å²) >= 11 is 1.44. The van der Waals surface area contributed by atoms with Crippen LogP contribution in [0.2, 0.25) is 0 Å². The van der Waals surface area contributed by atoms with Crippen molar-refractivity contribution in [2.24, 2.45) is 11.8 Å². The van der Waals surface area contributed by atoms with Gasteiger partial charge in [-0.15, -0.1) is 0 Å². The summed E-state index contributed by atoms with van der Waals surface area (Å²) in [5.41, 5.74) is 1.71. The lowest BCUT2D eigenvalue weighted by atomic mass is 10.0. The van der Waals surface area contributed by atoms with Gasteiger partial charge in [0.15, 0.2) is 10.8 Å². The Labute approximate surface area is 310 Å². The molecule has 6 rings (SSSR count). The third-order valence-electron chi connectivity index (χ3n) is 9.72. The van der Waals surface area contributed by atoms with Gasteiger partial charge in [-0.3, -0.25) is 18.8 Å². The third kappa shape index (κ3) is 7.86. The third-order valence-corrected chi connectivity index (χ3v) is 10.7. The number of rotatable bonds is 11. The molecule has 6 heterocycles. The van der Waals surface area contributed by atoms with Gasteiger partial charge in [0, 0.05) is 37.2 Å². The number of fused-ring (bicyclic) bond motifs is 1. The fraction of sp³-hybridized carbons (Fsp3) is 0.514. The van der Waals surface area contributed by atoms with E-state index in [1.165, 1.54) is 30.5 Å². The molecule has 5 amide bonds. The molecule has 0 bridgehead atoms. The van der Waals surface area contributed by atoms with Gasteiger partial charge in [-0.05, 0) is 43.6 Å². The highest BCUT2D eigenvalue weighted by Crippen LogP contribution is 2.33. The van der Waals surface area contributed by atoms with E-state index in [1.807, 2.05) is 61.3 Å². The van der Waals surface area contributed by atoms with Crippen LogP contribution in [0.25, 0.3) is 21.2 Å². The second-order valence-electron chi connectivity index (χ2n) is 14.0. The maximum absolute atomic E-state index is 13.5. The van der Waals surface area contributed by atoms with Crippen molar-refractivity contribution in [3.8, 4) is 16.3 Å². The van der Waals surface area contributed by atoms with Crippen LogP contribution in [0.3, 0.4) is 0 Å². The van der Waals surface area contributed by atoms with E-state index in [4.69, 9.17) is 4.74 Å². The first kappa shape index (κ1) is 37.4. The summed E-state index contributed by atoms with van der Waals surface area (Å²) in [5.74, 6) is -0.0829. The molecule has 0 radical (unpaired) electrons. The van der Waals surface area contributed by atoms with Crippen LogP contribution in [0.4, 0.5) is 15.4 Å². The van der Waals surface area contributed by atoms with Gasteiger partial charge in [-0.2, -0.15) is 0 Å². The van der Waals surface area contributed by atoms with Crippen molar-refractivity contribution in [3.05, 3.63) is 42.9 Å². The minimum absolute atomic E-state index is 0.123. The Balaban J connectivity index is 1.10. The predicted molar refractivity (Wildman–Crippen MR) is 195 cm³/mol. The second kappa shape index (κ2) is 15.7. The first-order valence-corrected chi connectivity index (χ1v) is 18.5. The Bertz CT molecular complexity index is 1950. The number of H-pyrrole nitrogens is 1. The molecule has 0 saturated carbocycles. The van der Waals surface area contributed by atoms with Crippen LogP contribution < -0.4 is 16.0 Å². The number of nitrogens with zero attached hydrogens (tertiary/aromatic N) is 6. The topological polar surface area (TPSA) is 197 Å². The standard InChI is InChI=1S/C35H46N10O7S/c1-19(2)27(40-34(49)51-5)31(47)44-12-7-9-23(44)29-36-15-22(37-29)21-11-14-42(16-21)26-18-43-17-25(39-33(43)53-26)38-30(46)24-10-8-13-45(24)32(48)28(20(3)4)41-35(50)52-6/h11,14-20,23-24,27-28H,7-10,12-13H2,1-6H3,(H,36,37)(H,38,46)(H,40,49)(H,41,50). The van der Waals surface area contributed by atoms with Crippen LogP contribution in [-0.2, 0) is 23.9 Å². The summed E-state index contributed by atoms with van der Waals surface area (Å²) in [6, 6.07) is -0.475. The zero-order valence-electron chi connectivity index (χ0n) is 30.6. The fourth-order valence-electron chi connectivity index (χ4n) is 6.89. The van der Waals surface area contributed by atoms with Crippen LogP contribution in [0.15, 0.2) is 37.1 Å². The number of ether oxygens (including phenoxy) is 2. The van der Waals surface area contributed by atoms with E-state index in [-0.39, 0.29) is 35.6 Å². The van der Waals surface area contributed by atoms with Crippen LogP contribution >= 0.6 is 11.3 Å². The number of aromatic amines is 1. The van der Waals surface area contributed by atoms with E-state index in [0.717, 1.165) is 29.1 Å². The van der Waals surface area contributed by atoms with Crippen molar-refractivity contribution < 1.29 is 33.4 Å². The van der Waals surface area contributed by atoms with Crippen molar-refractivity contribution >= 4 is 52.0 Å². The Morgan fingerprint density at radius 2 is 1.53 bits per heavy atom. The lowest BCUT2D eigenvalue weighted by Crippen LogP contribution is -2.54. The van der Waals surface area contributed by atoms with Gasteiger partial charge < -0.3 is 44.8 Å². The lowest BCUT2D eigenvalue weighted by Gasteiger charge is -2.30. The van der Waals surface area contributed by atoms with Crippen LogP contribution in [-0.4, -0.2) is 109 Å². The summed E-state index contributed by atoms with van der Waals surface area (Å²) in [7, 11) is 2.52. The molecule has 4 unspecified atom stereocenters. The summed E-state index contributed by atoms with van der Waals surface area (Å²) in [5, 5.41) is 9.04. The molecule has 284 valence electrons. The molecule has 0 aliphatic carbocycles. The molecule has 4 aromatic rings. The molecule has 0 aromatic carbocycles. The van der Waals surface area contributed by atoms with Gasteiger partial charge in [-0.1, -0.05) is 39.0 Å². The normalized spacial score (nSPS) is 18.4. The number of anilines is 1. The van der Waals surface area contributed by atoms with Crippen molar-refractivity contribution in [1.29, 1.82) is 0 Å². The van der Waals surface area contributed by atoms with Crippen molar-refractivity contribution in [3.63, 3.8) is 0 Å². The Kier molecular flexibility index (Phi) is 11.1. The molecular weight excluding hydrogens is 705 g/mol. The van der Waals surface area contributed by atoms with E-state index in [2.05, 4.69) is 35.6 Å². The number of nitrogens with one attached hydrogen (secondary N) is 4. The average Bonchev–Trinajstić information content (AvgIpc) is 3.97. The molecule has 17 nitrogen and oxygen atoms in total. The smallest absolute Gasteiger partial charge is 0.407 e. The Morgan fingerprint density at radius 1 is 0.887 bits per heavy atom. The van der Waals surface area contributed by atoms with E-state index in [9.17, 15) is 24.0 Å². The number of thiazole rings is 1. The number of hydrogen-bond acceptors (Lipinski definition) is 10. The highest BCUT2D eigenvalue weighted by atomic mass is 32.1. The molecule has 4 N–H and O–H groups in total. The van der Waals surface area contributed by atoms with Crippen molar-refractivity contribution in [2.45, 2.75) is 77.5 Å². The van der Waals surface area contributed by atoms with Crippen molar-refractivity contribution in [2.75, 3.05) is 32.6 Å². The molecule has 53 heavy (non-hydrogen) atoms. The van der Waals surface area contributed by atoms with Crippen LogP contribution in [0.5, 0.6) is 0 Å². The SMILES string of the molecule is COC(=O)NC(C(=O)N1CCCC1C(=O)Nc1cn2cc(-n3ccc(-c4cnc(C5CCCN5C(=O)C(NC(=O)OC)C(C)C)[nH]4)c3)sc2n1)C(C)C. The zero-order valence-corrected chi connectivity index (χ0v) is 31.4. The van der Waals surface area contributed by atoms with E-state index in [0.29, 0.717) is 42.5 Å². The number of aromatic nitrogens is 5. The minimum Gasteiger partial charge on any atom is -0.453 e. The number of carbonyl (C=O) groups is 5. The van der Waals surface area contributed by atoms with Crippen LogP contribution in [0, 0.1) is 11.8 Å². The van der Waals surface area contributed by atoms with Gasteiger partial charge in [0.2, 0.25) is 17.7 Å². The number of hydrogen-bond donors (Lipinski definition) is 4. The van der Waals surface area contributed by atoms with Gasteiger partial charge in [0.25, 0.3) is 0 Å². The number of methoxy groups -OCH3 is 2. The van der Waals surface area contributed by atoms with E-state index >= 15 is 0 Å². The molecule has 18 heteroatoms.